The summed E-state index contributed by atoms with van der Waals surface area (Å²) in [7, 11) is 0. The summed E-state index contributed by atoms with van der Waals surface area (Å²) in [5.41, 5.74) is 1.24. The van der Waals surface area contributed by atoms with Gasteiger partial charge >= 0.3 is 0 Å². The maximum absolute atomic E-state index is 12.5. The predicted molar refractivity (Wildman–Crippen MR) is 94.5 cm³/mol. The van der Waals surface area contributed by atoms with Gasteiger partial charge in [0.15, 0.2) is 0 Å². The molecule has 0 bridgehead atoms. The number of carbonyl (C=O) groups is 1. The quantitative estimate of drug-likeness (QED) is 0.672. The van der Waals surface area contributed by atoms with E-state index in [-0.39, 0.29) is 22.8 Å². The highest BCUT2D eigenvalue weighted by Crippen LogP contribution is 2.45. The van der Waals surface area contributed by atoms with Gasteiger partial charge in [-0.1, -0.05) is 59.6 Å². The van der Waals surface area contributed by atoms with Crippen LogP contribution in [-0.4, -0.2) is 11.9 Å². The molecule has 1 aromatic rings. The Balaban J connectivity index is 2.12. The molecule has 0 aliphatic heterocycles. The largest absolute Gasteiger partial charge is 0.349 e. The molecule has 0 radical (unpaired) electrons. The summed E-state index contributed by atoms with van der Waals surface area (Å²) in [5.74, 6) is 0.00972. The van der Waals surface area contributed by atoms with Crippen molar-refractivity contribution in [1.82, 2.24) is 5.32 Å². The Morgan fingerprint density at radius 3 is 2.00 bits per heavy atom. The summed E-state index contributed by atoms with van der Waals surface area (Å²) in [6.45, 7) is 9.18. The molecule has 0 atom stereocenters. The van der Waals surface area contributed by atoms with Gasteiger partial charge in [-0.2, -0.15) is 0 Å². The Labute approximate surface area is 144 Å². The highest BCUT2D eigenvalue weighted by atomic mass is 79.9. The second-order valence-electron chi connectivity index (χ2n) is 7.74. The fraction of sp³-hybridized carbons (Fsp3) is 0.588. The lowest BCUT2D eigenvalue weighted by molar-refractivity contribution is 0.0713. The van der Waals surface area contributed by atoms with Crippen LogP contribution in [0.5, 0.6) is 0 Å². The molecule has 2 nitrogen and oxygen atoms in total. The molecule has 21 heavy (non-hydrogen) atoms. The maximum Gasteiger partial charge on any atom is 0.251 e. The molecule has 2 rings (SSSR count). The number of amides is 1. The molecule has 0 unspecified atom stereocenters. The van der Waals surface area contributed by atoms with Crippen molar-refractivity contribution in [2.75, 3.05) is 0 Å². The summed E-state index contributed by atoms with van der Waals surface area (Å²) < 4.78 is 1.82. The lowest BCUT2D eigenvalue weighted by Crippen LogP contribution is -2.46. The van der Waals surface area contributed by atoms with Crippen LogP contribution in [0.4, 0.5) is 0 Å². The average Bonchev–Trinajstić information content (AvgIpc) is 2.22. The Kier molecular flexibility index (Phi) is 4.89. The van der Waals surface area contributed by atoms with Crippen LogP contribution >= 0.6 is 31.9 Å². The summed E-state index contributed by atoms with van der Waals surface area (Å²) in [4.78, 5) is 12.5. The van der Waals surface area contributed by atoms with Gasteiger partial charge in [-0.25, -0.2) is 0 Å². The van der Waals surface area contributed by atoms with Gasteiger partial charge in [-0.15, -0.1) is 0 Å². The van der Waals surface area contributed by atoms with Crippen LogP contribution in [0.15, 0.2) is 27.1 Å². The lowest BCUT2D eigenvalue weighted by Gasteiger charge is -2.45. The molecule has 1 fully saturated rings. The third-order valence-corrected chi connectivity index (χ3v) is 4.93. The van der Waals surface area contributed by atoms with Gasteiger partial charge in [0.2, 0.25) is 0 Å². The van der Waals surface area contributed by atoms with Crippen molar-refractivity contribution < 1.29 is 4.79 Å². The van der Waals surface area contributed by atoms with E-state index in [0.717, 1.165) is 21.8 Å². The number of nitrogens with one attached hydrogen (secondary N) is 1. The van der Waals surface area contributed by atoms with Crippen LogP contribution in [0.25, 0.3) is 0 Å². The molecule has 0 heterocycles. The zero-order valence-corrected chi connectivity index (χ0v) is 16.3. The van der Waals surface area contributed by atoms with E-state index in [4.69, 9.17) is 0 Å². The van der Waals surface area contributed by atoms with Crippen LogP contribution in [0, 0.1) is 10.8 Å². The van der Waals surface area contributed by atoms with Crippen molar-refractivity contribution in [1.29, 1.82) is 0 Å². The fourth-order valence-corrected chi connectivity index (χ4v) is 5.20. The Morgan fingerprint density at radius 1 is 1.05 bits per heavy atom. The maximum atomic E-state index is 12.5. The van der Waals surface area contributed by atoms with Crippen LogP contribution < -0.4 is 5.32 Å². The smallest absolute Gasteiger partial charge is 0.251 e. The second kappa shape index (κ2) is 6.04. The topological polar surface area (TPSA) is 29.1 Å². The zero-order chi connectivity index (χ0) is 15.8. The van der Waals surface area contributed by atoms with E-state index in [2.05, 4.69) is 64.9 Å². The molecule has 1 saturated carbocycles. The van der Waals surface area contributed by atoms with Crippen molar-refractivity contribution in [2.45, 2.75) is 53.0 Å². The van der Waals surface area contributed by atoms with Crippen LogP contribution in [0.1, 0.15) is 57.3 Å². The Hall–Kier alpha value is -0.350. The standard InChI is InChI=1S/C17H23Br2NO/c1-16(2)8-14(9-17(3,4)10-16)20-15(21)11-5-12(18)7-13(19)6-11/h5-7,14H,8-10H2,1-4H3,(H,20,21). The van der Waals surface area contributed by atoms with Crippen molar-refractivity contribution in [3.05, 3.63) is 32.7 Å². The first kappa shape index (κ1) is 17.0. The Morgan fingerprint density at radius 2 is 1.52 bits per heavy atom. The van der Waals surface area contributed by atoms with E-state index >= 15 is 0 Å². The second-order valence-corrected chi connectivity index (χ2v) is 9.57. The third-order valence-electron chi connectivity index (χ3n) is 4.02. The van der Waals surface area contributed by atoms with Crippen LogP contribution in [0.2, 0.25) is 0 Å². The molecule has 0 saturated heterocycles. The highest BCUT2D eigenvalue weighted by molar-refractivity contribution is 9.11. The van der Waals surface area contributed by atoms with Gasteiger partial charge in [0.1, 0.15) is 0 Å². The van der Waals surface area contributed by atoms with Gasteiger partial charge in [-0.3, -0.25) is 4.79 Å². The summed E-state index contributed by atoms with van der Waals surface area (Å²) in [5, 5.41) is 3.22. The van der Waals surface area contributed by atoms with Crippen LogP contribution in [-0.2, 0) is 0 Å². The number of rotatable bonds is 2. The van der Waals surface area contributed by atoms with E-state index in [1.54, 1.807) is 0 Å². The highest BCUT2D eigenvalue weighted by Gasteiger charge is 2.38. The zero-order valence-electron chi connectivity index (χ0n) is 13.1. The van der Waals surface area contributed by atoms with Gasteiger partial charge in [0.25, 0.3) is 5.91 Å². The van der Waals surface area contributed by atoms with E-state index < -0.39 is 0 Å². The van der Waals surface area contributed by atoms with E-state index in [0.29, 0.717) is 5.56 Å². The minimum atomic E-state index is 0.00972. The normalized spacial score (nSPS) is 21.0. The number of carbonyl (C=O) groups excluding carboxylic acids is 1. The number of halogens is 2. The molecule has 0 aromatic heterocycles. The van der Waals surface area contributed by atoms with Crippen molar-refractivity contribution in [3.63, 3.8) is 0 Å². The minimum Gasteiger partial charge on any atom is -0.349 e. The molecular formula is C17H23Br2NO. The summed E-state index contributed by atoms with van der Waals surface area (Å²) in [6, 6.07) is 5.90. The molecule has 1 aliphatic rings. The predicted octanol–water partition coefficient (Wildman–Crippen LogP) is 5.55. The number of hydrogen-bond donors (Lipinski definition) is 1. The van der Waals surface area contributed by atoms with Gasteiger partial charge in [0, 0.05) is 20.6 Å². The monoisotopic (exact) mass is 415 g/mol. The SMILES string of the molecule is CC1(C)CC(NC(=O)c2cc(Br)cc(Br)c2)CC(C)(C)C1. The van der Waals surface area contributed by atoms with Gasteiger partial charge < -0.3 is 5.32 Å². The number of hydrogen-bond acceptors (Lipinski definition) is 1. The minimum absolute atomic E-state index is 0.00972. The van der Waals surface area contributed by atoms with Crippen molar-refractivity contribution in [2.24, 2.45) is 10.8 Å². The molecule has 1 aromatic carbocycles. The molecular weight excluding hydrogens is 394 g/mol. The van der Waals surface area contributed by atoms with Gasteiger partial charge in [0.05, 0.1) is 0 Å². The van der Waals surface area contributed by atoms with E-state index in [1.165, 1.54) is 6.42 Å². The first-order valence-electron chi connectivity index (χ1n) is 7.33. The third kappa shape index (κ3) is 4.82. The molecule has 116 valence electrons. The molecule has 4 heteroatoms. The lowest BCUT2D eigenvalue weighted by atomic mass is 9.63. The molecule has 0 spiro atoms. The fourth-order valence-electron chi connectivity index (χ4n) is 3.90. The first-order chi connectivity index (χ1) is 9.56. The van der Waals surface area contributed by atoms with Crippen LogP contribution in [0.3, 0.4) is 0 Å². The number of benzene rings is 1. The molecule has 1 aliphatic carbocycles. The Bertz CT molecular complexity index is 515. The van der Waals surface area contributed by atoms with Gasteiger partial charge in [-0.05, 0) is 48.3 Å². The van der Waals surface area contributed by atoms with Crippen molar-refractivity contribution in [3.8, 4) is 0 Å². The average molecular weight is 417 g/mol. The van der Waals surface area contributed by atoms with E-state index in [1.807, 2.05) is 18.2 Å². The molecule has 1 N–H and O–H groups in total. The van der Waals surface area contributed by atoms with E-state index in [9.17, 15) is 4.79 Å². The molecule has 1 amide bonds. The summed E-state index contributed by atoms with van der Waals surface area (Å²) >= 11 is 6.87. The summed E-state index contributed by atoms with van der Waals surface area (Å²) in [6.07, 6.45) is 3.28. The van der Waals surface area contributed by atoms with Crippen molar-refractivity contribution >= 4 is 37.8 Å². The first-order valence-corrected chi connectivity index (χ1v) is 8.92.